The third-order valence-electron chi connectivity index (χ3n) is 2.78. The highest BCUT2D eigenvalue weighted by molar-refractivity contribution is 9.10. The van der Waals surface area contributed by atoms with Crippen LogP contribution in [0.2, 0.25) is 0 Å². The van der Waals surface area contributed by atoms with Gasteiger partial charge in [-0.25, -0.2) is 0 Å². The molecule has 1 aromatic heterocycles. The lowest BCUT2D eigenvalue weighted by atomic mass is 10.0. The smallest absolute Gasteiger partial charge is 0.197 e. The Morgan fingerprint density at radius 2 is 2.00 bits per heavy atom. The van der Waals surface area contributed by atoms with E-state index in [2.05, 4.69) is 15.9 Å². The van der Waals surface area contributed by atoms with Gasteiger partial charge in [0.2, 0.25) is 0 Å². The Morgan fingerprint density at radius 3 is 2.53 bits per heavy atom. The number of furan rings is 1. The molecule has 0 radical (unpaired) electrons. The molecule has 0 N–H and O–H groups in total. The standard InChI is InChI=1S/C15H15BrO3/c1-4-18-11-5-6-12(14(16)8-11)15(17)13-7-9(2)19-10(13)3/h5-8H,4H2,1-3H3. The highest BCUT2D eigenvalue weighted by Crippen LogP contribution is 2.27. The van der Waals surface area contributed by atoms with Gasteiger partial charge in [0, 0.05) is 10.0 Å². The first-order chi connectivity index (χ1) is 9.02. The average molecular weight is 323 g/mol. The average Bonchev–Trinajstić information content (AvgIpc) is 2.68. The van der Waals surface area contributed by atoms with Crippen LogP contribution in [-0.2, 0) is 0 Å². The number of carbonyl (C=O) groups is 1. The summed E-state index contributed by atoms with van der Waals surface area (Å²) in [6, 6.07) is 7.13. The number of rotatable bonds is 4. The number of benzene rings is 1. The van der Waals surface area contributed by atoms with Crippen molar-refractivity contribution in [3.8, 4) is 5.75 Å². The molecule has 0 atom stereocenters. The van der Waals surface area contributed by atoms with Gasteiger partial charge in [0.25, 0.3) is 0 Å². The monoisotopic (exact) mass is 322 g/mol. The second kappa shape index (κ2) is 5.61. The Balaban J connectivity index is 2.36. The highest BCUT2D eigenvalue weighted by Gasteiger charge is 2.18. The lowest BCUT2D eigenvalue weighted by Crippen LogP contribution is -2.03. The lowest BCUT2D eigenvalue weighted by molar-refractivity contribution is 0.103. The third kappa shape index (κ3) is 2.89. The molecule has 0 bridgehead atoms. The van der Waals surface area contributed by atoms with Gasteiger partial charge in [0.05, 0.1) is 12.2 Å². The van der Waals surface area contributed by atoms with E-state index < -0.39 is 0 Å². The van der Waals surface area contributed by atoms with Crippen LogP contribution in [0.1, 0.15) is 34.4 Å². The van der Waals surface area contributed by atoms with Crippen LogP contribution in [0, 0.1) is 13.8 Å². The SMILES string of the molecule is CCOc1ccc(C(=O)c2cc(C)oc2C)c(Br)c1. The van der Waals surface area contributed by atoms with Crippen LogP contribution in [0.4, 0.5) is 0 Å². The minimum absolute atomic E-state index is 0.0516. The molecular weight excluding hydrogens is 308 g/mol. The van der Waals surface area contributed by atoms with Crippen molar-refractivity contribution >= 4 is 21.7 Å². The number of hydrogen-bond acceptors (Lipinski definition) is 3. The van der Waals surface area contributed by atoms with Crippen molar-refractivity contribution in [2.45, 2.75) is 20.8 Å². The normalized spacial score (nSPS) is 10.5. The predicted octanol–water partition coefficient (Wildman–Crippen LogP) is 4.29. The number of ketones is 1. The topological polar surface area (TPSA) is 39.4 Å². The minimum Gasteiger partial charge on any atom is -0.494 e. The first kappa shape index (κ1) is 13.9. The molecule has 2 aromatic rings. The molecule has 0 saturated heterocycles. The zero-order chi connectivity index (χ0) is 14.0. The van der Waals surface area contributed by atoms with Gasteiger partial charge in [-0.05, 0) is 61.0 Å². The van der Waals surface area contributed by atoms with E-state index >= 15 is 0 Å². The Labute approximate surface area is 120 Å². The Morgan fingerprint density at radius 1 is 1.26 bits per heavy atom. The quantitative estimate of drug-likeness (QED) is 0.788. The van der Waals surface area contributed by atoms with E-state index in [1.54, 1.807) is 31.2 Å². The van der Waals surface area contributed by atoms with Crippen molar-refractivity contribution in [2.24, 2.45) is 0 Å². The number of halogens is 1. The van der Waals surface area contributed by atoms with E-state index in [-0.39, 0.29) is 5.78 Å². The van der Waals surface area contributed by atoms with Gasteiger partial charge in [-0.1, -0.05) is 0 Å². The number of hydrogen-bond donors (Lipinski definition) is 0. The van der Waals surface area contributed by atoms with Crippen molar-refractivity contribution in [3.63, 3.8) is 0 Å². The van der Waals surface area contributed by atoms with E-state index in [0.717, 1.165) is 16.0 Å². The molecule has 0 amide bonds. The zero-order valence-corrected chi connectivity index (χ0v) is 12.7. The molecule has 19 heavy (non-hydrogen) atoms. The molecule has 0 saturated carbocycles. The first-order valence-corrected chi connectivity index (χ1v) is 6.86. The summed E-state index contributed by atoms with van der Waals surface area (Å²) in [7, 11) is 0. The molecule has 0 unspecified atom stereocenters. The van der Waals surface area contributed by atoms with Crippen LogP contribution in [0.25, 0.3) is 0 Å². The van der Waals surface area contributed by atoms with Crippen molar-refractivity contribution in [1.29, 1.82) is 0 Å². The van der Waals surface area contributed by atoms with E-state index in [9.17, 15) is 4.79 Å². The van der Waals surface area contributed by atoms with Crippen molar-refractivity contribution in [1.82, 2.24) is 0 Å². The molecule has 1 heterocycles. The summed E-state index contributed by atoms with van der Waals surface area (Å²) in [5.41, 5.74) is 1.20. The van der Waals surface area contributed by atoms with Gasteiger partial charge in [0.15, 0.2) is 5.78 Å². The van der Waals surface area contributed by atoms with E-state index in [4.69, 9.17) is 9.15 Å². The Bertz CT molecular complexity index is 614. The van der Waals surface area contributed by atoms with Gasteiger partial charge in [-0.15, -0.1) is 0 Å². The first-order valence-electron chi connectivity index (χ1n) is 6.07. The minimum atomic E-state index is -0.0516. The molecule has 0 aliphatic carbocycles. The summed E-state index contributed by atoms with van der Waals surface area (Å²) in [5, 5.41) is 0. The van der Waals surface area contributed by atoms with Crippen molar-refractivity contribution in [2.75, 3.05) is 6.61 Å². The molecule has 1 aromatic carbocycles. The van der Waals surface area contributed by atoms with Crippen LogP contribution >= 0.6 is 15.9 Å². The highest BCUT2D eigenvalue weighted by atomic mass is 79.9. The summed E-state index contributed by atoms with van der Waals surface area (Å²) in [4.78, 5) is 12.4. The summed E-state index contributed by atoms with van der Waals surface area (Å²) < 4.78 is 11.5. The largest absolute Gasteiger partial charge is 0.494 e. The summed E-state index contributed by atoms with van der Waals surface area (Å²) in [5.74, 6) is 2.07. The Hall–Kier alpha value is -1.55. The summed E-state index contributed by atoms with van der Waals surface area (Å²) in [6.45, 7) is 6.14. The molecule has 0 aliphatic heterocycles. The van der Waals surface area contributed by atoms with Crippen molar-refractivity contribution in [3.05, 3.63) is 51.4 Å². The zero-order valence-electron chi connectivity index (χ0n) is 11.1. The summed E-state index contributed by atoms with van der Waals surface area (Å²) >= 11 is 3.41. The molecule has 0 spiro atoms. The van der Waals surface area contributed by atoms with Crippen LogP contribution in [0.3, 0.4) is 0 Å². The number of carbonyl (C=O) groups excluding carboxylic acids is 1. The second-order valence-corrected chi connectivity index (χ2v) is 5.09. The molecule has 100 valence electrons. The molecule has 0 fully saturated rings. The molecule has 3 nitrogen and oxygen atoms in total. The maximum absolute atomic E-state index is 12.4. The summed E-state index contributed by atoms with van der Waals surface area (Å²) in [6.07, 6.45) is 0. The van der Waals surface area contributed by atoms with Crippen molar-refractivity contribution < 1.29 is 13.9 Å². The predicted molar refractivity (Wildman–Crippen MR) is 76.9 cm³/mol. The van der Waals surface area contributed by atoms with Gasteiger partial charge in [0.1, 0.15) is 17.3 Å². The van der Waals surface area contributed by atoms with Crippen LogP contribution in [0.15, 0.2) is 33.2 Å². The van der Waals surface area contributed by atoms with Gasteiger partial charge < -0.3 is 9.15 Å². The van der Waals surface area contributed by atoms with Crippen LogP contribution in [-0.4, -0.2) is 12.4 Å². The van der Waals surface area contributed by atoms with Crippen LogP contribution in [0.5, 0.6) is 5.75 Å². The number of ether oxygens (including phenoxy) is 1. The molecular formula is C15H15BrO3. The third-order valence-corrected chi connectivity index (χ3v) is 3.44. The van der Waals surface area contributed by atoms with E-state index in [0.29, 0.717) is 23.5 Å². The van der Waals surface area contributed by atoms with E-state index in [1.165, 1.54) is 0 Å². The van der Waals surface area contributed by atoms with E-state index in [1.807, 2.05) is 13.8 Å². The number of aryl methyl sites for hydroxylation is 2. The maximum atomic E-state index is 12.4. The molecule has 4 heteroatoms. The van der Waals surface area contributed by atoms with Gasteiger partial charge in [-0.2, -0.15) is 0 Å². The maximum Gasteiger partial charge on any atom is 0.197 e. The fourth-order valence-electron chi connectivity index (χ4n) is 1.94. The molecule has 0 aliphatic rings. The fraction of sp³-hybridized carbons (Fsp3) is 0.267. The van der Waals surface area contributed by atoms with Crippen LogP contribution < -0.4 is 4.74 Å². The molecule has 2 rings (SSSR count). The Kier molecular flexibility index (Phi) is 4.10. The second-order valence-electron chi connectivity index (χ2n) is 4.23. The lowest BCUT2D eigenvalue weighted by Gasteiger charge is -2.07. The van der Waals surface area contributed by atoms with Gasteiger partial charge >= 0.3 is 0 Å². The fourth-order valence-corrected chi connectivity index (χ4v) is 2.48. The van der Waals surface area contributed by atoms with Gasteiger partial charge in [-0.3, -0.25) is 4.79 Å².